The molecular formula is C12H14N4O3. The van der Waals surface area contributed by atoms with E-state index in [4.69, 9.17) is 4.74 Å². The van der Waals surface area contributed by atoms with Crippen LogP contribution in [0.2, 0.25) is 0 Å². The third-order valence-corrected chi connectivity index (χ3v) is 3.37. The lowest BCUT2D eigenvalue weighted by Crippen LogP contribution is -2.61. The van der Waals surface area contributed by atoms with Crippen LogP contribution in [0.1, 0.15) is 17.0 Å². The van der Waals surface area contributed by atoms with Crippen molar-refractivity contribution in [3.05, 3.63) is 24.3 Å². The minimum Gasteiger partial charge on any atom is -0.366 e. The van der Waals surface area contributed by atoms with Crippen LogP contribution in [0.3, 0.4) is 0 Å². The molecule has 2 atom stereocenters. The average Bonchev–Trinajstić information content (AvgIpc) is 2.46. The second kappa shape index (κ2) is 4.93. The molecule has 3 rings (SSSR count). The standard InChI is InChI=1S/C12H14N4O3/c17-10-7-19-9-2-5-16(6-8(9)15-10)12(18)11-13-3-1-4-14-11/h1,3-4,8-9H,2,5-7H2,(H,15,17)/t8-,9+/m0/s1. The molecule has 0 aliphatic carbocycles. The molecule has 2 aliphatic heterocycles. The minimum absolute atomic E-state index is 0.00144. The summed E-state index contributed by atoms with van der Waals surface area (Å²) in [6.45, 7) is 1.14. The van der Waals surface area contributed by atoms with Crippen molar-refractivity contribution in [2.75, 3.05) is 19.7 Å². The van der Waals surface area contributed by atoms with Crippen LogP contribution >= 0.6 is 0 Å². The van der Waals surface area contributed by atoms with E-state index in [0.717, 1.165) is 0 Å². The lowest BCUT2D eigenvalue weighted by Gasteiger charge is -2.40. The Balaban J connectivity index is 1.70. The molecule has 2 amide bonds. The van der Waals surface area contributed by atoms with Crippen LogP contribution in [0.4, 0.5) is 0 Å². The Morgan fingerprint density at radius 3 is 3.00 bits per heavy atom. The van der Waals surface area contributed by atoms with E-state index in [2.05, 4.69) is 15.3 Å². The molecule has 2 aliphatic rings. The van der Waals surface area contributed by atoms with E-state index < -0.39 is 0 Å². The number of nitrogens with one attached hydrogen (secondary N) is 1. The number of amides is 2. The van der Waals surface area contributed by atoms with Crippen molar-refractivity contribution in [3.8, 4) is 0 Å². The van der Waals surface area contributed by atoms with Gasteiger partial charge in [-0.3, -0.25) is 9.59 Å². The molecule has 7 nitrogen and oxygen atoms in total. The largest absolute Gasteiger partial charge is 0.366 e. The zero-order chi connectivity index (χ0) is 13.2. The van der Waals surface area contributed by atoms with Crippen molar-refractivity contribution in [2.45, 2.75) is 18.6 Å². The zero-order valence-corrected chi connectivity index (χ0v) is 10.3. The summed E-state index contributed by atoms with van der Waals surface area (Å²) in [4.78, 5) is 33.1. The lowest BCUT2D eigenvalue weighted by molar-refractivity contribution is -0.139. The SMILES string of the molecule is O=C1CO[C@@H]2CCN(C(=O)c3ncccn3)C[C@@H]2N1. The molecule has 2 saturated heterocycles. The van der Waals surface area contributed by atoms with Crippen molar-refractivity contribution in [1.29, 1.82) is 0 Å². The highest BCUT2D eigenvalue weighted by molar-refractivity contribution is 5.90. The highest BCUT2D eigenvalue weighted by Gasteiger charge is 2.36. The van der Waals surface area contributed by atoms with E-state index >= 15 is 0 Å². The first kappa shape index (κ1) is 12.0. The van der Waals surface area contributed by atoms with E-state index in [9.17, 15) is 9.59 Å². The molecule has 1 N–H and O–H groups in total. The molecule has 7 heteroatoms. The first-order valence-electron chi connectivity index (χ1n) is 6.21. The van der Waals surface area contributed by atoms with E-state index in [0.29, 0.717) is 19.5 Å². The summed E-state index contributed by atoms with van der Waals surface area (Å²) >= 11 is 0. The van der Waals surface area contributed by atoms with E-state index in [-0.39, 0.29) is 36.4 Å². The van der Waals surface area contributed by atoms with Gasteiger partial charge in [0, 0.05) is 25.5 Å². The normalized spacial score (nSPS) is 26.5. The van der Waals surface area contributed by atoms with Gasteiger partial charge in [0.05, 0.1) is 12.1 Å². The molecule has 1 aromatic heterocycles. The maximum atomic E-state index is 12.2. The molecule has 100 valence electrons. The zero-order valence-electron chi connectivity index (χ0n) is 10.3. The molecule has 19 heavy (non-hydrogen) atoms. The number of morpholine rings is 1. The smallest absolute Gasteiger partial charge is 0.291 e. The van der Waals surface area contributed by atoms with Crippen LogP contribution < -0.4 is 5.32 Å². The molecule has 0 bridgehead atoms. The summed E-state index contributed by atoms with van der Waals surface area (Å²) in [6.07, 6.45) is 3.79. The first-order valence-corrected chi connectivity index (χ1v) is 6.21. The second-order valence-electron chi connectivity index (χ2n) is 4.64. The topological polar surface area (TPSA) is 84.4 Å². The van der Waals surface area contributed by atoms with Gasteiger partial charge in [-0.25, -0.2) is 9.97 Å². The number of ether oxygens (including phenoxy) is 1. The van der Waals surface area contributed by atoms with Crippen LogP contribution in [-0.4, -0.2) is 58.5 Å². The van der Waals surface area contributed by atoms with Gasteiger partial charge in [0.25, 0.3) is 5.91 Å². The maximum absolute atomic E-state index is 12.2. The van der Waals surface area contributed by atoms with Crippen LogP contribution in [-0.2, 0) is 9.53 Å². The Morgan fingerprint density at radius 2 is 2.21 bits per heavy atom. The fourth-order valence-corrected chi connectivity index (χ4v) is 2.44. The predicted octanol–water partition coefficient (Wildman–Crippen LogP) is -0.794. The molecule has 0 unspecified atom stereocenters. The number of nitrogens with zero attached hydrogens (tertiary/aromatic N) is 3. The predicted molar refractivity (Wildman–Crippen MR) is 64.2 cm³/mol. The number of rotatable bonds is 1. The Hall–Kier alpha value is -2.02. The quantitative estimate of drug-likeness (QED) is 0.716. The number of piperidine rings is 1. The third kappa shape index (κ3) is 2.41. The highest BCUT2D eigenvalue weighted by atomic mass is 16.5. The Labute approximate surface area is 110 Å². The molecule has 1 aromatic rings. The lowest BCUT2D eigenvalue weighted by atomic mass is 10.0. The monoisotopic (exact) mass is 262 g/mol. The number of carbonyl (C=O) groups excluding carboxylic acids is 2. The fourth-order valence-electron chi connectivity index (χ4n) is 2.44. The third-order valence-electron chi connectivity index (χ3n) is 3.37. The van der Waals surface area contributed by atoms with Crippen molar-refractivity contribution >= 4 is 11.8 Å². The molecule has 0 aromatic carbocycles. The minimum atomic E-state index is -0.209. The molecule has 0 saturated carbocycles. The van der Waals surface area contributed by atoms with Gasteiger partial charge in [-0.05, 0) is 12.5 Å². The van der Waals surface area contributed by atoms with Crippen LogP contribution in [0.5, 0.6) is 0 Å². The van der Waals surface area contributed by atoms with Gasteiger partial charge in [-0.1, -0.05) is 0 Å². The van der Waals surface area contributed by atoms with E-state index in [1.54, 1.807) is 23.4 Å². The highest BCUT2D eigenvalue weighted by Crippen LogP contribution is 2.18. The van der Waals surface area contributed by atoms with Crippen molar-refractivity contribution in [3.63, 3.8) is 0 Å². The number of hydrogen-bond acceptors (Lipinski definition) is 5. The molecule has 0 radical (unpaired) electrons. The number of carbonyl (C=O) groups is 2. The number of aromatic nitrogens is 2. The summed E-state index contributed by atoms with van der Waals surface area (Å²) in [5, 5.41) is 2.86. The van der Waals surface area contributed by atoms with E-state index in [1.165, 1.54) is 0 Å². The summed E-state index contributed by atoms with van der Waals surface area (Å²) < 4.78 is 5.45. The Bertz CT molecular complexity index is 493. The second-order valence-corrected chi connectivity index (χ2v) is 4.64. The van der Waals surface area contributed by atoms with Gasteiger partial charge >= 0.3 is 0 Å². The summed E-state index contributed by atoms with van der Waals surface area (Å²) in [7, 11) is 0. The molecular weight excluding hydrogens is 248 g/mol. The van der Waals surface area contributed by atoms with Gasteiger partial charge in [0.15, 0.2) is 0 Å². The van der Waals surface area contributed by atoms with Crippen molar-refractivity contribution in [1.82, 2.24) is 20.2 Å². The van der Waals surface area contributed by atoms with Gasteiger partial charge in [-0.2, -0.15) is 0 Å². The van der Waals surface area contributed by atoms with Crippen molar-refractivity contribution < 1.29 is 14.3 Å². The van der Waals surface area contributed by atoms with Gasteiger partial charge in [0.1, 0.15) is 6.61 Å². The molecule has 2 fully saturated rings. The van der Waals surface area contributed by atoms with Crippen LogP contribution in [0.15, 0.2) is 18.5 Å². The fraction of sp³-hybridized carbons (Fsp3) is 0.500. The summed E-state index contributed by atoms with van der Waals surface area (Å²) in [6, 6.07) is 1.53. The Morgan fingerprint density at radius 1 is 1.42 bits per heavy atom. The van der Waals surface area contributed by atoms with E-state index in [1.807, 2.05) is 0 Å². The molecule has 3 heterocycles. The number of hydrogen-bond donors (Lipinski definition) is 1. The Kier molecular flexibility index (Phi) is 3.12. The van der Waals surface area contributed by atoms with Gasteiger partial charge in [-0.15, -0.1) is 0 Å². The summed E-state index contributed by atoms with van der Waals surface area (Å²) in [5.74, 6) is -0.158. The molecule has 0 spiro atoms. The maximum Gasteiger partial charge on any atom is 0.291 e. The van der Waals surface area contributed by atoms with Crippen molar-refractivity contribution in [2.24, 2.45) is 0 Å². The first-order chi connectivity index (χ1) is 9.24. The van der Waals surface area contributed by atoms with Crippen LogP contribution in [0, 0.1) is 0 Å². The summed E-state index contributed by atoms with van der Waals surface area (Å²) in [5.41, 5.74) is 0. The van der Waals surface area contributed by atoms with Crippen LogP contribution in [0.25, 0.3) is 0 Å². The number of likely N-dealkylation sites (tertiary alicyclic amines) is 1. The average molecular weight is 262 g/mol. The van der Waals surface area contributed by atoms with Gasteiger partial charge < -0.3 is 15.0 Å². The van der Waals surface area contributed by atoms with Gasteiger partial charge in [0.2, 0.25) is 11.7 Å². The number of fused-ring (bicyclic) bond motifs is 1.